The summed E-state index contributed by atoms with van der Waals surface area (Å²) >= 11 is 0. The summed E-state index contributed by atoms with van der Waals surface area (Å²) in [6, 6.07) is 0. The maximum atomic E-state index is 11.5. The Hall–Kier alpha value is -0.530. The van der Waals surface area contributed by atoms with Gasteiger partial charge in [0.2, 0.25) is 5.91 Å². The minimum atomic E-state index is 0.266. The average Bonchev–Trinajstić information content (AvgIpc) is 2.77. The first-order chi connectivity index (χ1) is 5.96. The molecule has 0 aliphatic heterocycles. The Morgan fingerprint density at radius 1 is 1.46 bits per heavy atom. The maximum Gasteiger partial charge on any atom is 0.223 e. The van der Waals surface area contributed by atoms with Gasteiger partial charge in [-0.25, -0.2) is 0 Å². The van der Waals surface area contributed by atoms with Crippen LogP contribution in [0.1, 0.15) is 40.5 Å². The summed E-state index contributed by atoms with van der Waals surface area (Å²) in [4.78, 5) is 11.5. The Morgan fingerprint density at radius 3 is 2.46 bits per heavy atom. The van der Waals surface area contributed by atoms with Gasteiger partial charge in [-0.2, -0.15) is 0 Å². The third kappa shape index (κ3) is 2.71. The SMILES string of the molecule is CCCNC(=O)[C@H]1C[C@H]1C(C)(C)C. The third-order valence-corrected chi connectivity index (χ3v) is 2.79. The summed E-state index contributed by atoms with van der Waals surface area (Å²) in [5.41, 5.74) is 0.300. The van der Waals surface area contributed by atoms with Crippen LogP contribution in [0.15, 0.2) is 0 Å². The highest BCUT2D eigenvalue weighted by Crippen LogP contribution is 2.50. The van der Waals surface area contributed by atoms with Crippen LogP contribution in [0.2, 0.25) is 0 Å². The first-order valence-corrected chi connectivity index (χ1v) is 5.24. The van der Waals surface area contributed by atoms with Crippen LogP contribution in [0.5, 0.6) is 0 Å². The van der Waals surface area contributed by atoms with Gasteiger partial charge in [0, 0.05) is 12.5 Å². The second kappa shape index (κ2) is 3.69. The van der Waals surface area contributed by atoms with E-state index in [4.69, 9.17) is 0 Å². The minimum Gasteiger partial charge on any atom is -0.356 e. The fourth-order valence-electron chi connectivity index (χ4n) is 1.82. The average molecular weight is 183 g/mol. The molecule has 76 valence electrons. The van der Waals surface area contributed by atoms with Crippen LogP contribution in [0.25, 0.3) is 0 Å². The third-order valence-electron chi connectivity index (χ3n) is 2.79. The first-order valence-electron chi connectivity index (χ1n) is 5.24. The van der Waals surface area contributed by atoms with E-state index in [1.54, 1.807) is 0 Å². The number of carbonyl (C=O) groups is 1. The topological polar surface area (TPSA) is 29.1 Å². The lowest BCUT2D eigenvalue weighted by Crippen LogP contribution is -2.27. The van der Waals surface area contributed by atoms with Gasteiger partial charge >= 0.3 is 0 Å². The fraction of sp³-hybridized carbons (Fsp3) is 0.909. The lowest BCUT2D eigenvalue weighted by Gasteiger charge is -2.17. The molecule has 13 heavy (non-hydrogen) atoms. The molecule has 1 N–H and O–H groups in total. The monoisotopic (exact) mass is 183 g/mol. The van der Waals surface area contributed by atoms with Crippen molar-refractivity contribution in [1.29, 1.82) is 0 Å². The standard InChI is InChI=1S/C11H21NO/c1-5-6-12-10(13)8-7-9(8)11(2,3)4/h8-9H,5-7H2,1-4H3,(H,12,13)/t8-,9+/m0/s1. The van der Waals surface area contributed by atoms with Crippen molar-refractivity contribution in [3.8, 4) is 0 Å². The number of rotatable bonds is 3. The summed E-state index contributed by atoms with van der Waals surface area (Å²) in [7, 11) is 0. The molecular weight excluding hydrogens is 162 g/mol. The van der Waals surface area contributed by atoms with Gasteiger partial charge in [0.25, 0.3) is 0 Å². The molecule has 1 fully saturated rings. The Balaban J connectivity index is 2.30. The predicted octanol–water partition coefficient (Wildman–Crippen LogP) is 2.19. The fourth-order valence-corrected chi connectivity index (χ4v) is 1.82. The van der Waals surface area contributed by atoms with Crippen LogP contribution in [0, 0.1) is 17.3 Å². The zero-order chi connectivity index (χ0) is 10.1. The summed E-state index contributed by atoms with van der Waals surface area (Å²) in [6.45, 7) is 9.54. The summed E-state index contributed by atoms with van der Waals surface area (Å²) in [5.74, 6) is 1.16. The van der Waals surface area contributed by atoms with E-state index in [9.17, 15) is 4.79 Å². The lowest BCUT2D eigenvalue weighted by atomic mass is 9.89. The van der Waals surface area contributed by atoms with Crippen molar-refractivity contribution in [2.45, 2.75) is 40.5 Å². The highest BCUT2D eigenvalue weighted by molar-refractivity contribution is 5.81. The summed E-state index contributed by atoms with van der Waals surface area (Å²) in [6.07, 6.45) is 2.11. The van der Waals surface area contributed by atoms with Crippen molar-refractivity contribution < 1.29 is 4.79 Å². The molecule has 0 aromatic carbocycles. The van der Waals surface area contributed by atoms with Crippen molar-refractivity contribution in [2.75, 3.05) is 6.54 Å². The Morgan fingerprint density at radius 2 is 2.08 bits per heavy atom. The van der Waals surface area contributed by atoms with Gasteiger partial charge in [-0.15, -0.1) is 0 Å². The molecule has 0 bridgehead atoms. The van der Waals surface area contributed by atoms with Gasteiger partial charge in [0.15, 0.2) is 0 Å². The molecule has 0 aromatic heterocycles. The molecule has 1 rings (SSSR count). The van der Waals surface area contributed by atoms with Crippen molar-refractivity contribution in [2.24, 2.45) is 17.3 Å². The van der Waals surface area contributed by atoms with Crippen LogP contribution in [-0.4, -0.2) is 12.5 Å². The van der Waals surface area contributed by atoms with Gasteiger partial charge in [0.1, 0.15) is 0 Å². The quantitative estimate of drug-likeness (QED) is 0.714. The van der Waals surface area contributed by atoms with E-state index in [1.807, 2.05) is 0 Å². The van der Waals surface area contributed by atoms with E-state index < -0.39 is 0 Å². The van der Waals surface area contributed by atoms with Crippen molar-refractivity contribution in [1.82, 2.24) is 5.32 Å². The maximum absolute atomic E-state index is 11.5. The molecule has 2 nitrogen and oxygen atoms in total. The minimum absolute atomic E-state index is 0.266. The Kier molecular flexibility index (Phi) is 2.99. The Labute approximate surface area is 81.1 Å². The molecule has 0 saturated heterocycles. The van der Waals surface area contributed by atoms with Crippen molar-refractivity contribution in [3.05, 3.63) is 0 Å². The van der Waals surface area contributed by atoms with E-state index in [2.05, 4.69) is 33.0 Å². The molecule has 0 aromatic rings. The van der Waals surface area contributed by atoms with Crippen LogP contribution in [0.3, 0.4) is 0 Å². The second-order valence-corrected chi connectivity index (χ2v) is 5.11. The summed E-state index contributed by atoms with van der Waals surface area (Å²) in [5, 5.41) is 2.96. The van der Waals surface area contributed by atoms with E-state index in [0.717, 1.165) is 19.4 Å². The Bertz CT molecular complexity index is 193. The van der Waals surface area contributed by atoms with E-state index in [0.29, 0.717) is 17.3 Å². The van der Waals surface area contributed by atoms with Gasteiger partial charge in [-0.05, 0) is 24.2 Å². The van der Waals surface area contributed by atoms with Crippen molar-refractivity contribution >= 4 is 5.91 Å². The first kappa shape index (κ1) is 10.6. The largest absolute Gasteiger partial charge is 0.356 e. The number of hydrogen-bond acceptors (Lipinski definition) is 1. The van der Waals surface area contributed by atoms with Crippen LogP contribution in [0.4, 0.5) is 0 Å². The normalized spacial score (nSPS) is 27.1. The molecular formula is C11H21NO. The number of amides is 1. The van der Waals surface area contributed by atoms with Crippen LogP contribution < -0.4 is 5.32 Å². The van der Waals surface area contributed by atoms with Gasteiger partial charge in [-0.1, -0.05) is 27.7 Å². The van der Waals surface area contributed by atoms with Gasteiger partial charge in [-0.3, -0.25) is 4.79 Å². The summed E-state index contributed by atoms with van der Waals surface area (Å²) < 4.78 is 0. The number of nitrogens with one attached hydrogen (secondary N) is 1. The van der Waals surface area contributed by atoms with Gasteiger partial charge in [0.05, 0.1) is 0 Å². The molecule has 1 aliphatic rings. The zero-order valence-corrected chi connectivity index (χ0v) is 9.18. The second-order valence-electron chi connectivity index (χ2n) is 5.11. The van der Waals surface area contributed by atoms with Crippen LogP contribution in [-0.2, 0) is 4.79 Å². The van der Waals surface area contributed by atoms with Crippen molar-refractivity contribution in [3.63, 3.8) is 0 Å². The molecule has 1 amide bonds. The molecule has 2 heteroatoms. The van der Waals surface area contributed by atoms with E-state index >= 15 is 0 Å². The van der Waals surface area contributed by atoms with Gasteiger partial charge < -0.3 is 5.32 Å². The molecule has 0 spiro atoms. The predicted molar refractivity (Wildman–Crippen MR) is 54.4 cm³/mol. The molecule has 1 aliphatic carbocycles. The van der Waals surface area contributed by atoms with E-state index in [1.165, 1.54) is 0 Å². The molecule has 0 heterocycles. The highest BCUT2D eigenvalue weighted by atomic mass is 16.2. The number of carbonyl (C=O) groups excluding carboxylic acids is 1. The number of hydrogen-bond donors (Lipinski definition) is 1. The molecule has 2 atom stereocenters. The molecule has 0 unspecified atom stereocenters. The van der Waals surface area contributed by atoms with E-state index in [-0.39, 0.29) is 5.91 Å². The highest BCUT2D eigenvalue weighted by Gasteiger charge is 2.49. The molecule has 1 saturated carbocycles. The molecule has 0 radical (unpaired) electrons. The lowest BCUT2D eigenvalue weighted by molar-refractivity contribution is -0.122. The van der Waals surface area contributed by atoms with Crippen LogP contribution >= 0.6 is 0 Å². The zero-order valence-electron chi connectivity index (χ0n) is 9.18. The smallest absolute Gasteiger partial charge is 0.223 e.